The average molecular weight is 1210 g/mol. The predicted molar refractivity (Wildman–Crippen MR) is 350 cm³/mol. The van der Waals surface area contributed by atoms with E-state index in [0.717, 1.165) is 77.0 Å². The highest BCUT2D eigenvalue weighted by Crippen LogP contribution is 2.30. The van der Waals surface area contributed by atoms with Crippen LogP contribution in [0.2, 0.25) is 0 Å². The van der Waals surface area contributed by atoms with Crippen LogP contribution in [0.1, 0.15) is 258 Å². The van der Waals surface area contributed by atoms with E-state index in [4.69, 9.17) is 18.9 Å². The molecule has 2 aliphatic heterocycles. The maximum absolute atomic E-state index is 13.3. The van der Waals surface area contributed by atoms with Crippen LogP contribution in [-0.4, -0.2) is 140 Å². The Bertz CT molecular complexity index is 1810. The first kappa shape index (κ1) is 79.0. The van der Waals surface area contributed by atoms with Gasteiger partial charge in [0.2, 0.25) is 5.91 Å². The molecule has 0 saturated carbocycles. The number of unbranched alkanes of at least 4 members (excludes halogenated alkanes) is 28. The molecule has 2 heterocycles. The molecule has 496 valence electrons. The normalized spacial score (nSPS) is 24.0. The molecular weight excluding hydrogens is 1090 g/mol. The topological polar surface area (TPSA) is 228 Å². The number of nitrogens with one attached hydrogen (secondary N) is 1. The van der Waals surface area contributed by atoms with E-state index in [1.807, 2.05) is 6.08 Å². The molecule has 0 bridgehead atoms. The van der Waals surface area contributed by atoms with Crippen molar-refractivity contribution < 1.29 is 64.6 Å². The summed E-state index contributed by atoms with van der Waals surface area (Å²) in [6.07, 6.45) is 61.7. The van der Waals surface area contributed by atoms with Crippen molar-refractivity contribution in [1.29, 1.82) is 0 Å². The van der Waals surface area contributed by atoms with Crippen LogP contribution in [-0.2, 0) is 23.7 Å². The smallest absolute Gasteiger partial charge is 0.220 e. The Kier molecular flexibility index (Phi) is 51.4. The summed E-state index contributed by atoms with van der Waals surface area (Å²) >= 11 is 0. The molecule has 0 spiro atoms. The molecule has 0 radical (unpaired) electrons. The Labute approximate surface area is 522 Å². The van der Waals surface area contributed by atoms with Crippen LogP contribution in [0.15, 0.2) is 97.2 Å². The van der Waals surface area contributed by atoms with Crippen LogP contribution in [0, 0.1) is 0 Å². The van der Waals surface area contributed by atoms with E-state index in [1.54, 1.807) is 6.08 Å². The van der Waals surface area contributed by atoms with Crippen LogP contribution >= 0.6 is 0 Å². The number of hydrogen-bond acceptors (Lipinski definition) is 13. The lowest BCUT2D eigenvalue weighted by Gasteiger charge is -2.46. The standard InChI is InChI=1S/C72H125NO13/c1-3-5-7-9-11-13-15-17-19-21-23-25-26-27-28-29-30-31-32-33-34-36-38-40-42-44-46-48-50-52-54-56-64(77)73-60(61(76)55-53-51-49-47-45-43-41-39-37-35-24-22-20-18-16-14-12-10-8-6-4-2)59-83-71-69(82)67(80)70(63(58-75)85-71)86-72-68(81)66(79)65(78)62(57-74)84-72/h5,7,11,13,17,19,23,25,27-28,37,39,45,47,53,55,60-63,65-72,74-76,78-82H,3-4,6,8-10,12,14-16,18,20-22,24,26,29-36,38,40-44,46,48-52,54,56-59H2,1-2H3,(H,73,77)/b7-5-,13-11-,19-17-,25-23-,28-27-,39-37+,47-45+,55-53+. The van der Waals surface area contributed by atoms with Gasteiger partial charge in [0.05, 0.1) is 32.0 Å². The van der Waals surface area contributed by atoms with Gasteiger partial charge in [0, 0.05) is 6.42 Å². The Morgan fingerprint density at radius 2 is 0.814 bits per heavy atom. The molecule has 2 saturated heterocycles. The summed E-state index contributed by atoms with van der Waals surface area (Å²) in [5.74, 6) is -0.255. The zero-order valence-corrected chi connectivity index (χ0v) is 53.8. The summed E-state index contributed by atoms with van der Waals surface area (Å²) in [7, 11) is 0. The van der Waals surface area contributed by atoms with Gasteiger partial charge in [-0.3, -0.25) is 4.79 Å². The molecular formula is C72H125NO13. The predicted octanol–water partition coefficient (Wildman–Crippen LogP) is 13.8. The van der Waals surface area contributed by atoms with E-state index in [2.05, 4.69) is 104 Å². The molecule has 12 atom stereocenters. The number of carbonyl (C=O) groups is 1. The number of rotatable bonds is 55. The Hall–Kier alpha value is -3.09. The highest BCUT2D eigenvalue weighted by atomic mass is 16.7. The average Bonchev–Trinajstić information content (AvgIpc) is 2.54. The summed E-state index contributed by atoms with van der Waals surface area (Å²) in [4.78, 5) is 13.3. The minimum absolute atomic E-state index is 0.255. The molecule has 1 amide bonds. The molecule has 2 rings (SSSR count). The van der Waals surface area contributed by atoms with E-state index in [9.17, 15) is 45.6 Å². The molecule has 0 aliphatic carbocycles. The monoisotopic (exact) mass is 1210 g/mol. The molecule has 86 heavy (non-hydrogen) atoms. The number of carbonyl (C=O) groups excluding carboxylic acids is 1. The van der Waals surface area contributed by atoms with Crippen LogP contribution in [0.25, 0.3) is 0 Å². The van der Waals surface area contributed by atoms with E-state index >= 15 is 0 Å². The summed E-state index contributed by atoms with van der Waals surface area (Å²) in [5.41, 5.74) is 0. The van der Waals surface area contributed by atoms with Gasteiger partial charge in [-0.25, -0.2) is 0 Å². The number of hydrogen-bond donors (Lipinski definition) is 9. The second kappa shape index (κ2) is 55.9. The van der Waals surface area contributed by atoms with Crippen LogP contribution in [0.4, 0.5) is 0 Å². The third kappa shape index (κ3) is 39.8. The molecule has 14 heteroatoms. The van der Waals surface area contributed by atoms with Gasteiger partial charge in [0.1, 0.15) is 48.8 Å². The van der Waals surface area contributed by atoms with Crippen molar-refractivity contribution in [3.8, 4) is 0 Å². The first-order valence-corrected chi connectivity index (χ1v) is 34.5. The van der Waals surface area contributed by atoms with Gasteiger partial charge >= 0.3 is 0 Å². The maximum Gasteiger partial charge on any atom is 0.220 e. The number of amides is 1. The highest BCUT2D eigenvalue weighted by molar-refractivity contribution is 5.76. The van der Waals surface area contributed by atoms with Gasteiger partial charge in [-0.05, 0) is 89.9 Å². The van der Waals surface area contributed by atoms with Gasteiger partial charge in [0.15, 0.2) is 12.6 Å². The van der Waals surface area contributed by atoms with Crippen molar-refractivity contribution in [2.75, 3.05) is 19.8 Å². The van der Waals surface area contributed by atoms with E-state index in [1.165, 1.54) is 148 Å². The van der Waals surface area contributed by atoms with Crippen molar-refractivity contribution in [3.63, 3.8) is 0 Å². The maximum atomic E-state index is 13.3. The fourth-order valence-electron chi connectivity index (χ4n) is 10.8. The molecule has 0 aromatic rings. The summed E-state index contributed by atoms with van der Waals surface area (Å²) in [6, 6.07) is -0.944. The van der Waals surface area contributed by atoms with Crippen molar-refractivity contribution in [2.45, 2.75) is 331 Å². The third-order valence-electron chi connectivity index (χ3n) is 16.2. The summed E-state index contributed by atoms with van der Waals surface area (Å²) in [6.45, 7) is 2.67. The molecule has 2 fully saturated rings. The second-order valence-electron chi connectivity index (χ2n) is 23.9. The first-order valence-electron chi connectivity index (χ1n) is 34.5. The Balaban J connectivity index is 1.69. The lowest BCUT2D eigenvalue weighted by atomic mass is 9.97. The quantitative estimate of drug-likeness (QED) is 0.0204. The third-order valence-corrected chi connectivity index (χ3v) is 16.2. The molecule has 2 aliphatic rings. The van der Waals surface area contributed by atoms with Gasteiger partial charge in [-0.1, -0.05) is 259 Å². The number of aliphatic hydroxyl groups is 8. The molecule has 14 nitrogen and oxygen atoms in total. The highest BCUT2D eigenvalue weighted by Gasteiger charge is 2.51. The van der Waals surface area contributed by atoms with Gasteiger partial charge in [-0.15, -0.1) is 0 Å². The first-order chi connectivity index (χ1) is 42.1. The summed E-state index contributed by atoms with van der Waals surface area (Å²) in [5, 5.41) is 87.4. The van der Waals surface area contributed by atoms with Gasteiger partial charge in [-0.2, -0.15) is 0 Å². The zero-order chi connectivity index (χ0) is 62.3. The second-order valence-corrected chi connectivity index (χ2v) is 23.9. The minimum Gasteiger partial charge on any atom is -0.394 e. The van der Waals surface area contributed by atoms with Crippen LogP contribution in [0.3, 0.4) is 0 Å². The van der Waals surface area contributed by atoms with Crippen molar-refractivity contribution in [2.24, 2.45) is 0 Å². The molecule has 12 unspecified atom stereocenters. The fraction of sp³-hybridized carbons (Fsp3) is 0.764. The molecule has 9 N–H and O–H groups in total. The minimum atomic E-state index is -1.80. The number of ether oxygens (including phenoxy) is 4. The van der Waals surface area contributed by atoms with Gasteiger partial charge in [0.25, 0.3) is 0 Å². The van der Waals surface area contributed by atoms with Crippen molar-refractivity contribution in [1.82, 2.24) is 5.32 Å². The van der Waals surface area contributed by atoms with Crippen molar-refractivity contribution >= 4 is 5.91 Å². The molecule has 0 aromatic heterocycles. The lowest BCUT2D eigenvalue weighted by Crippen LogP contribution is -2.65. The van der Waals surface area contributed by atoms with Crippen LogP contribution in [0.5, 0.6) is 0 Å². The van der Waals surface area contributed by atoms with E-state index in [-0.39, 0.29) is 18.9 Å². The zero-order valence-electron chi connectivity index (χ0n) is 53.8. The van der Waals surface area contributed by atoms with Gasteiger partial charge < -0.3 is 65.1 Å². The number of allylic oxidation sites excluding steroid dienone is 15. The SMILES string of the molecule is CC/C=C\C/C=C\C/C=C\C/C=C\C/C=C\CCCCCCCCCCCCCCCCCC(=O)NC(COC1OC(CO)C(OC2OC(CO)C(O)C(O)C2O)C(O)C1O)C(O)/C=C/CC/C=C/CC/C=C/CCCCCCCCCCCCC. The Morgan fingerprint density at radius 3 is 1.28 bits per heavy atom. The Morgan fingerprint density at radius 1 is 0.430 bits per heavy atom. The number of aliphatic hydroxyl groups excluding tert-OH is 8. The largest absolute Gasteiger partial charge is 0.394 e. The van der Waals surface area contributed by atoms with Crippen LogP contribution < -0.4 is 5.32 Å². The molecule has 0 aromatic carbocycles. The van der Waals surface area contributed by atoms with E-state index < -0.39 is 86.8 Å². The lowest BCUT2D eigenvalue weighted by molar-refractivity contribution is -0.359. The fourth-order valence-corrected chi connectivity index (χ4v) is 10.8. The van der Waals surface area contributed by atoms with Crippen molar-refractivity contribution in [3.05, 3.63) is 97.2 Å². The summed E-state index contributed by atoms with van der Waals surface area (Å²) < 4.78 is 22.8. The van der Waals surface area contributed by atoms with E-state index in [0.29, 0.717) is 12.8 Å².